The van der Waals surface area contributed by atoms with Crippen LogP contribution in [0.25, 0.3) is 11.3 Å². The van der Waals surface area contributed by atoms with E-state index < -0.39 is 0 Å². The summed E-state index contributed by atoms with van der Waals surface area (Å²) >= 11 is 0. The molecule has 2 aromatic rings. The topological polar surface area (TPSA) is 64.0 Å². The number of nitrogens with one attached hydrogen (secondary N) is 2. The molecule has 0 aromatic carbocycles. The highest BCUT2D eigenvalue weighted by Crippen LogP contribution is 2.50. The van der Waals surface area contributed by atoms with Crippen molar-refractivity contribution in [3.05, 3.63) is 29.7 Å². The summed E-state index contributed by atoms with van der Waals surface area (Å²) < 4.78 is 8.96. The molecule has 2 aromatic heterocycles. The molecular formula is C21H31Cl2N5O. The van der Waals surface area contributed by atoms with Gasteiger partial charge in [0.1, 0.15) is 17.0 Å². The van der Waals surface area contributed by atoms with Crippen molar-refractivity contribution in [1.82, 2.24) is 25.4 Å². The van der Waals surface area contributed by atoms with E-state index in [1.54, 1.807) is 0 Å². The third kappa shape index (κ3) is 3.65. The molecule has 0 saturated carbocycles. The molecule has 3 aliphatic rings. The summed E-state index contributed by atoms with van der Waals surface area (Å²) in [4.78, 5) is 4.35. The molecule has 2 N–H and O–H groups in total. The Labute approximate surface area is 185 Å². The average Bonchev–Trinajstić information content (AvgIpc) is 3.00. The van der Waals surface area contributed by atoms with Gasteiger partial charge in [0.2, 0.25) is 0 Å². The van der Waals surface area contributed by atoms with Crippen molar-refractivity contribution in [2.24, 2.45) is 0 Å². The molecule has 0 bridgehead atoms. The molecule has 0 aliphatic carbocycles. The summed E-state index contributed by atoms with van der Waals surface area (Å²) in [6.45, 7) is 9.79. The molecule has 2 saturated heterocycles. The second kappa shape index (κ2) is 8.06. The molecule has 29 heavy (non-hydrogen) atoms. The lowest BCUT2D eigenvalue weighted by Crippen LogP contribution is -2.47. The van der Waals surface area contributed by atoms with Crippen molar-refractivity contribution in [2.45, 2.75) is 63.6 Å². The zero-order chi connectivity index (χ0) is 18.6. The Balaban J connectivity index is 0.00000120. The molecule has 6 nitrogen and oxygen atoms in total. The Morgan fingerprint density at radius 3 is 2.66 bits per heavy atom. The number of hydrogen-bond donors (Lipinski definition) is 2. The predicted molar refractivity (Wildman–Crippen MR) is 119 cm³/mol. The number of pyridine rings is 1. The minimum atomic E-state index is -0.264. The van der Waals surface area contributed by atoms with E-state index in [4.69, 9.17) is 9.84 Å². The second-order valence-corrected chi connectivity index (χ2v) is 8.93. The molecule has 1 atom stereocenters. The molecule has 0 radical (unpaired) electrons. The largest absolute Gasteiger partial charge is 0.481 e. The Kier molecular flexibility index (Phi) is 6.21. The highest BCUT2D eigenvalue weighted by atomic mass is 35.5. The van der Waals surface area contributed by atoms with Gasteiger partial charge in [-0.3, -0.25) is 9.67 Å². The number of piperidine rings is 2. The minimum absolute atomic E-state index is 0. The van der Waals surface area contributed by atoms with Crippen molar-refractivity contribution in [2.75, 3.05) is 19.6 Å². The van der Waals surface area contributed by atoms with Gasteiger partial charge in [0.15, 0.2) is 0 Å². The normalized spacial score (nSPS) is 23.8. The molecule has 1 unspecified atom stereocenters. The van der Waals surface area contributed by atoms with E-state index >= 15 is 0 Å². The van der Waals surface area contributed by atoms with E-state index in [0.29, 0.717) is 6.04 Å². The molecule has 5 heterocycles. The first kappa shape index (κ1) is 22.3. The average molecular weight is 440 g/mol. The highest BCUT2D eigenvalue weighted by molar-refractivity contribution is 5.85. The van der Waals surface area contributed by atoms with E-state index in [9.17, 15) is 0 Å². The van der Waals surface area contributed by atoms with E-state index in [1.807, 2.05) is 18.5 Å². The lowest BCUT2D eigenvalue weighted by Gasteiger charge is -2.41. The van der Waals surface area contributed by atoms with Gasteiger partial charge >= 0.3 is 0 Å². The Morgan fingerprint density at radius 1 is 1.17 bits per heavy atom. The van der Waals surface area contributed by atoms with E-state index in [1.165, 1.54) is 11.3 Å². The monoisotopic (exact) mass is 439 g/mol. The van der Waals surface area contributed by atoms with Crippen LogP contribution in [0, 0.1) is 6.92 Å². The molecule has 2 fully saturated rings. The number of nitrogens with zero attached hydrogens (tertiary/aromatic N) is 3. The zero-order valence-corrected chi connectivity index (χ0v) is 19.0. The van der Waals surface area contributed by atoms with Gasteiger partial charge in [0, 0.05) is 42.0 Å². The lowest BCUT2D eigenvalue weighted by atomic mass is 9.80. The highest BCUT2D eigenvalue weighted by Gasteiger charge is 2.46. The number of halogens is 2. The van der Waals surface area contributed by atoms with Crippen molar-refractivity contribution in [1.29, 1.82) is 0 Å². The second-order valence-electron chi connectivity index (χ2n) is 8.93. The fourth-order valence-electron chi connectivity index (χ4n) is 5.25. The first-order chi connectivity index (χ1) is 13.0. The number of hydrogen-bond acceptors (Lipinski definition) is 5. The molecule has 5 rings (SSSR count). The van der Waals surface area contributed by atoms with Crippen molar-refractivity contribution in [3.8, 4) is 17.0 Å². The molecular weight excluding hydrogens is 409 g/mol. The van der Waals surface area contributed by atoms with Gasteiger partial charge in [-0.15, -0.1) is 24.8 Å². The first-order valence-corrected chi connectivity index (χ1v) is 10.2. The van der Waals surface area contributed by atoms with Crippen LogP contribution in [0.4, 0.5) is 0 Å². The van der Waals surface area contributed by atoms with Crippen LogP contribution in [0.5, 0.6) is 5.75 Å². The van der Waals surface area contributed by atoms with Gasteiger partial charge in [-0.1, -0.05) is 0 Å². The van der Waals surface area contributed by atoms with E-state index in [-0.39, 0.29) is 36.0 Å². The molecule has 1 spiro atoms. The maximum atomic E-state index is 6.66. The summed E-state index contributed by atoms with van der Waals surface area (Å²) in [5.41, 5.74) is 4.56. The van der Waals surface area contributed by atoms with Crippen LogP contribution in [0.15, 0.2) is 18.5 Å². The fourth-order valence-corrected chi connectivity index (χ4v) is 5.25. The first-order valence-electron chi connectivity index (χ1n) is 10.2. The molecule has 8 heteroatoms. The third-order valence-electron chi connectivity index (χ3n) is 6.53. The van der Waals surface area contributed by atoms with Crippen LogP contribution < -0.4 is 15.4 Å². The van der Waals surface area contributed by atoms with Crippen LogP contribution in [0.2, 0.25) is 0 Å². The van der Waals surface area contributed by atoms with Crippen LogP contribution >= 0.6 is 24.8 Å². The maximum Gasteiger partial charge on any atom is 0.140 e. The maximum absolute atomic E-state index is 6.66. The van der Waals surface area contributed by atoms with Gasteiger partial charge in [-0.2, -0.15) is 5.10 Å². The van der Waals surface area contributed by atoms with Crippen molar-refractivity contribution >= 4 is 24.8 Å². The Morgan fingerprint density at radius 2 is 1.93 bits per heavy atom. The van der Waals surface area contributed by atoms with E-state index in [2.05, 4.69) is 41.1 Å². The van der Waals surface area contributed by atoms with Crippen LogP contribution in [-0.2, 0) is 5.60 Å². The summed E-state index contributed by atoms with van der Waals surface area (Å²) in [5.74, 6) is 0.926. The predicted octanol–water partition coefficient (Wildman–Crippen LogP) is 3.77. The summed E-state index contributed by atoms with van der Waals surface area (Å²) in [6.07, 6.45) is 7.88. The van der Waals surface area contributed by atoms with Gasteiger partial charge in [0.25, 0.3) is 0 Å². The van der Waals surface area contributed by atoms with Gasteiger partial charge in [-0.25, -0.2) is 0 Å². The summed E-state index contributed by atoms with van der Waals surface area (Å²) in [7, 11) is 0. The molecule has 160 valence electrons. The SMILES string of the molecule is Cc1c2c(nn1C1CCNC(C)(C)C1)-c1cnccc1OC21CCNCC1.Cl.Cl. The Hall–Kier alpha value is -1.34. The lowest BCUT2D eigenvalue weighted by molar-refractivity contribution is 0.0299. The molecule has 3 aliphatic heterocycles. The van der Waals surface area contributed by atoms with Crippen molar-refractivity contribution < 1.29 is 4.74 Å². The van der Waals surface area contributed by atoms with Gasteiger partial charge in [0.05, 0.1) is 11.6 Å². The fraction of sp³-hybridized carbons (Fsp3) is 0.619. The van der Waals surface area contributed by atoms with Crippen molar-refractivity contribution in [3.63, 3.8) is 0 Å². The summed E-state index contributed by atoms with van der Waals surface area (Å²) in [6, 6.07) is 2.41. The minimum Gasteiger partial charge on any atom is -0.481 e. The standard InChI is InChI=1S/C21H29N5O.2ClH/c1-14-18-19(25-26(14)15-4-9-24-20(2,3)12-15)16-13-23-8-5-17(16)27-21(18)6-10-22-11-7-21;;/h5,8,13,15,22,24H,4,6-7,9-12H2,1-3H3;2*1H. The number of rotatable bonds is 1. The summed E-state index contributed by atoms with van der Waals surface area (Å²) in [5, 5.41) is 12.3. The number of ether oxygens (including phenoxy) is 1. The third-order valence-corrected chi connectivity index (χ3v) is 6.53. The smallest absolute Gasteiger partial charge is 0.140 e. The quantitative estimate of drug-likeness (QED) is 0.707. The number of fused-ring (bicyclic) bond motifs is 4. The van der Waals surface area contributed by atoms with Crippen LogP contribution in [0.1, 0.15) is 56.8 Å². The van der Waals surface area contributed by atoms with Gasteiger partial charge in [-0.05, 0) is 59.3 Å². The number of aromatic nitrogens is 3. The van der Waals surface area contributed by atoms with Gasteiger partial charge < -0.3 is 15.4 Å². The van der Waals surface area contributed by atoms with E-state index in [0.717, 1.165) is 62.3 Å². The van der Waals surface area contributed by atoms with Crippen LogP contribution in [0.3, 0.4) is 0 Å². The molecule has 0 amide bonds. The Bertz CT molecular complexity index is 876. The van der Waals surface area contributed by atoms with Crippen LogP contribution in [-0.4, -0.2) is 39.9 Å². The zero-order valence-electron chi connectivity index (χ0n) is 17.3.